The zero-order valence-electron chi connectivity index (χ0n) is 16.6. The van der Waals surface area contributed by atoms with Crippen LogP contribution in [0.2, 0.25) is 0 Å². The van der Waals surface area contributed by atoms with Crippen molar-refractivity contribution in [1.29, 1.82) is 0 Å². The Morgan fingerprint density at radius 1 is 0.893 bits per heavy atom. The predicted molar refractivity (Wildman–Crippen MR) is 112 cm³/mol. The second-order valence-electron chi connectivity index (χ2n) is 7.90. The third-order valence-electron chi connectivity index (χ3n) is 5.75. The van der Waals surface area contributed by atoms with Crippen molar-refractivity contribution in [2.24, 2.45) is 5.92 Å². The van der Waals surface area contributed by atoms with Crippen LogP contribution in [0.3, 0.4) is 0 Å². The number of amides is 2. The van der Waals surface area contributed by atoms with Gasteiger partial charge in [-0.3, -0.25) is 9.59 Å². The summed E-state index contributed by atoms with van der Waals surface area (Å²) < 4.78 is 0. The monoisotopic (exact) mass is 377 g/mol. The van der Waals surface area contributed by atoms with Crippen molar-refractivity contribution in [1.82, 2.24) is 4.90 Å². The van der Waals surface area contributed by atoms with Gasteiger partial charge < -0.3 is 14.7 Å². The number of aryl methyl sites for hydroxylation is 2. The van der Waals surface area contributed by atoms with Crippen LogP contribution in [0.4, 0.5) is 11.4 Å². The summed E-state index contributed by atoms with van der Waals surface area (Å²) in [6.07, 6.45) is 0.310. The number of piperazine rings is 1. The lowest BCUT2D eigenvalue weighted by Gasteiger charge is -2.37. The summed E-state index contributed by atoms with van der Waals surface area (Å²) in [5, 5.41) is 0. The van der Waals surface area contributed by atoms with Gasteiger partial charge in [0, 0.05) is 50.5 Å². The molecule has 2 aromatic rings. The molecule has 1 unspecified atom stereocenters. The Balaban J connectivity index is 1.37. The van der Waals surface area contributed by atoms with E-state index in [9.17, 15) is 9.59 Å². The van der Waals surface area contributed by atoms with Crippen LogP contribution < -0.4 is 9.80 Å². The summed E-state index contributed by atoms with van der Waals surface area (Å²) in [6, 6.07) is 16.4. The lowest BCUT2D eigenvalue weighted by atomic mass is 10.1. The molecule has 2 aliphatic heterocycles. The van der Waals surface area contributed by atoms with Gasteiger partial charge in [-0.15, -0.1) is 0 Å². The number of nitrogens with zero attached hydrogens (tertiary/aromatic N) is 3. The third kappa shape index (κ3) is 3.75. The number of carbonyl (C=O) groups excluding carboxylic acids is 2. The number of hydrogen-bond donors (Lipinski definition) is 0. The molecule has 0 aromatic heterocycles. The first-order chi connectivity index (χ1) is 13.5. The van der Waals surface area contributed by atoms with Crippen LogP contribution in [0.5, 0.6) is 0 Å². The first kappa shape index (κ1) is 18.5. The topological polar surface area (TPSA) is 43.9 Å². The average molecular weight is 377 g/mol. The Morgan fingerprint density at radius 2 is 1.50 bits per heavy atom. The van der Waals surface area contributed by atoms with Gasteiger partial charge in [0.05, 0.1) is 5.92 Å². The van der Waals surface area contributed by atoms with Crippen molar-refractivity contribution >= 4 is 23.2 Å². The maximum Gasteiger partial charge on any atom is 0.228 e. The van der Waals surface area contributed by atoms with Crippen LogP contribution in [0.1, 0.15) is 17.5 Å². The molecule has 0 bridgehead atoms. The normalized spacial score (nSPS) is 20.0. The molecule has 4 rings (SSSR count). The van der Waals surface area contributed by atoms with E-state index in [-0.39, 0.29) is 17.7 Å². The van der Waals surface area contributed by atoms with Crippen molar-refractivity contribution in [2.45, 2.75) is 20.3 Å². The van der Waals surface area contributed by atoms with E-state index in [1.54, 1.807) is 4.90 Å². The van der Waals surface area contributed by atoms with Crippen molar-refractivity contribution in [3.63, 3.8) is 0 Å². The molecule has 2 saturated heterocycles. The van der Waals surface area contributed by atoms with Crippen molar-refractivity contribution in [2.75, 3.05) is 42.5 Å². The number of benzene rings is 2. The van der Waals surface area contributed by atoms with Crippen molar-refractivity contribution < 1.29 is 9.59 Å². The quantitative estimate of drug-likeness (QED) is 0.826. The summed E-state index contributed by atoms with van der Waals surface area (Å²) in [7, 11) is 0. The van der Waals surface area contributed by atoms with E-state index in [0.29, 0.717) is 26.1 Å². The standard InChI is InChI=1S/C23H27N3O2/c1-17-5-3-7-20(13-17)24-9-11-25(12-10-24)23(28)19-15-22(27)26(16-19)21-8-4-6-18(2)14-21/h3-8,13-14,19H,9-12,15-16H2,1-2H3. The van der Waals surface area contributed by atoms with E-state index >= 15 is 0 Å². The zero-order valence-corrected chi connectivity index (χ0v) is 16.6. The van der Waals surface area contributed by atoms with Gasteiger partial charge in [0.15, 0.2) is 0 Å². The van der Waals surface area contributed by atoms with Gasteiger partial charge in [0.25, 0.3) is 0 Å². The molecule has 146 valence electrons. The first-order valence-corrected chi connectivity index (χ1v) is 9.99. The smallest absolute Gasteiger partial charge is 0.228 e. The maximum atomic E-state index is 13.0. The molecule has 28 heavy (non-hydrogen) atoms. The highest BCUT2D eigenvalue weighted by atomic mass is 16.2. The minimum atomic E-state index is -0.237. The molecule has 0 saturated carbocycles. The van der Waals surface area contributed by atoms with Gasteiger partial charge >= 0.3 is 0 Å². The van der Waals surface area contributed by atoms with Crippen LogP contribution in [0.25, 0.3) is 0 Å². The lowest BCUT2D eigenvalue weighted by molar-refractivity contribution is -0.136. The minimum absolute atomic E-state index is 0.0438. The van der Waals surface area contributed by atoms with Crippen LogP contribution in [-0.4, -0.2) is 49.4 Å². The van der Waals surface area contributed by atoms with E-state index in [1.165, 1.54) is 11.3 Å². The number of rotatable bonds is 3. The Morgan fingerprint density at radius 3 is 2.14 bits per heavy atom. The summed E-state index contributed by atoms with van der Waals surface area (Å²) in [4.78, 5) is 31.5. The molecule has 2 amide bonds. The van der Waals surface area contributed by atoms with Gasteiger partial charge in [-0.1, -0.05) is 24.3 Å². The highest BCUT2D eigenvalue weighted by Gasteiger charge is 2.37. The van der Waals surface area contributed by atoms with Crippen molar-refractivity contribution in [3.05, 3.63) is 59.7 Å². The molecule has 0 aliphatic carbocycles. The SMILES string of the molecule is Cc1cccc(N2CCN(C(=O)C3CC(=O)N(c4cccc(C)c4)C3)CC2)c1. The van der Waals surface area contributed by atoms with Gasteiger partial charge in [-0.25, -0.2) is 0 Å². The number of carbonyl (C=O) groups is 2. The molecule has 2 heterocycles. The Kier molecular flexibility index (Phi) is 5.07. The van der Waals surface area contributed by atoms with E-state index in [1.807, 2.05) is 36.1 Å². The second kappa shape index (κ2) is 7.66. The fourth-order valence-corrected chi connectivity index (χ4v) is 4.19. The number of hydrogen-bond acceptors (Lipinski definition) is 3. The average Bonchev–Trinajstić information content (AvgIpc) is 3.09. The summed E-state index contributed by atoms with van der Waals surface area (Å²) >= 11 is 0. The van der Waals surface area contributed by atoms with Gasteiger partial charge in [-0.2, -0.15) is 0 Å². The van der Waals surface area contributed by atoms with Crippen LogP contribution in [0, 0.1) is 19.8 Å². The fraction of sp³-hybridized carbons (Fsp3) is 0.391. The summed E-state index contributed by atoms with van der Waals surface area (Å²) in [5.74, 6) is -0.0757. The fourth-order valence-electron chi connectivity index (χ4n) is 4.19. The summed E-state index contributed by atoms with van der Waals surface area (Å²) in [5.41, 5.74) is 4.47. The van der Waals surface area contributed by atoms with E-state index in [0.717, 1.165) is 24.3 Å². The molecule has 2 fully saturated rings. The highest BCUT2D eigenvalue weighted by molar-refractivity contribution is 6.00. The van der Waals surface area contributed by atoms with Crippen LogP contribution in [0.15, 0.2) is 48.5 Å². The third-order valence-corrected chi connectivity index (χ3v) is 5.75. The molecule has 0 N–H and O–H groups in total. The lowest BCUT2D eigenvalue weighted by Crippen LogP contribution is -2.50. The molecular weight excluding hydrogens is 350 g/mol. The molecule has 0 radical (unpaired) electrons. The van der Waals surface area contributed by atoms with E-state index < -0.39 is 0 Å². The maximum absolute atomic E-state index is 13.0. The largest absolute Gasteiger partial charge is 0.368 e. The molecule has 5 nitrogen and oxygen atoms in total. The zero-order chi connectivity index (χ0) is 19.7. The van der Waals surface area contributed by atoms with Crippen molar-refractivity contribution in [3.8, 4) is 0 Å². The van der Waals surface area contributed by atoms with E-state index in [4.69, 9.17) is 0 Å². The van der Waals surface area contributed by atoms with Crippen LogP contribution >= 0.6 is 0 Å². The highest BCUT2D eigenvalue weighted by Crippen LogP contribution is 2.27. The summed E-state index contributed by atoms with van der Waals surface area (Å²) in [6.45, 7) is 7.68. The van der Waals surface area contributed by atoms with Gasteiger partial charge in [0.1, 0.15) is 0 Å². The Labute approximate surface area is 166 Å². The predicted octanol–water partition coefficient (Wildman–Crippen LogP) is 3.01. The van der Waals surface area contributed by atoms with E-state index in [2.05, 4.69) is 36.1 Å². The van der Waals surface area contributed by atoms with Gasteiger partial charge in [-0.05, 0) is 49.2 Å². The number of anilines is 2. The van der Waals surface area contributed by atoms with Gasteiger partial charge in [0.2, 0.25) is 11.8 Å². The first-order valence-electron chi connectivity index (χ1n) is 9.99. The molecule has 0 spiro atoms. The minimum Gasteiger partial charge on any atom is -0.368 e. The second-order valence-corrected chi connectivity index (χ2v) is 7.90. The van der Waals surface area contributed by atoms with Crippen LogP contribution in [-0.2, 0) is 9.59 Å². The molecule has 5 heteroatoms. The molecule has 2 aliphatic rings. The Hall–Kier alpha value is -2.82. The molecule has 2 aromatic carbocycles. The molecular formula is C23H27N3O2. The molecule has 1 atom stereocenters. The Bertz CT molecular complexity index is 887.